The van der Waals surface area contributed by atoms with E-state index in [2.05, 4.69) is 19.2 Å². The van der Waals surface area contributed by atoms with Gasteiger partial charge in [-0.2, -0.15) is 0 Å². The van der Waals surface area contributed by atoms with Gasteiger partial charge in [-0.25, -0.2) is 4.57 Å². The number of aliphatic hydroxyl groups is 1. The van der Waals surface area contributed by atoms with E-state index in [4.69, 9.17) is 13.8 Å². The molecule has 0 aliphatic heterocycles. The highest BCUT2D eigenvalue weighted by molar-refractivity contribution is 7.47. The lowest BCUT2D eigenvalue weighted by Gasteiger charge is -2.15. The Balaban J connectivity index is 3.66. The number of phosphoric acid groups is 1. The molecule has 0 fully saturated rings. The first-order chi connectivity index (χ1) is 18.8. The van der Waals surface area contributed by atoms with Crippen LogP contribution in [0.4, 0.5) is 0 Å². The zero-order valence-electron chi connectivity index (χ0n) is 24.8. The highest BCUT2D eigenvalue weighted by Crippen LogP contribution is 2.42. The Morgan fingerprint density at radius 2 is 1.15 bits per heavy atom. The first kappa shape index (κ1) is 38.0. The van der Waals surface area contributed by atoms with Gasteiger partial charge in [0.1, 0.15) is 12.7 Å². The molecule has 0 aromatic rings. The summed E-state index contributed by atoms with van der Waals surface area (Å²) in [4.78, 5) is 33.4. The second kappa shape index (κ2) is 27.2. The molecule has 1 amide bonds. The summed E-state index contributed by atoms with van der Waals surface area (Å²) in [5.74, 6) is -0.520. The van der Waals surface area contributed by atoms with E-state index >= 15 is 0 Å². The molecule has 3 N–H and O–H groups in total. The number of amides is 1. The molecule has 0 aromatic heterocycles. The number of ether oxygens (including phenoxy) is 1. The molecule has 9 nitrogen and oxygen atoms in total. The number of aliphatic hydroxyl groups excluding tert-OH is 1. The number of nitrogens with one attached hydrogen (secondary N) is 1. The van der Waals surface area contributed by atoms with Gasteiger partial charge in [0.15, 0.2) is 0 Å². The van der Waals surface area contributed by atoms with Gasteiger partial charge >= 0.3 is 13.8 Å². The quantitative estimate of drug-likeness (QED) is 0.0491. The van der Waals surface area contributed by atoms with Crippen molar-refractivity contribution >= 4 is 19.7 Å². The normalized spacial score (nSPS) is 13.6. The summed E-state index contributed by atoms with van der Waals surface area (Å²) in [6.45, 7) is 3.48. The molecule has 2 atom stereocenters. The molecule has 39 heavy (non-hydrogen) atoms. The fraction of sp³-hybridized carbons (Fsp3) is 0.931. The number of esters is 1. The van der Waals surface area contributed by atoms with Crippen molar-refractivity contribution in [3.63, 3.8) is 0 Å². The first-order valence-corrected chi connectivity index (χ1v) is 17.0. The van der Waals surface area contributed by atoms with Gasteiger partial charge in [-0.3, -0.25) is 18.6 Å². The van der Waals surface area contributed by atoms with Gasteiger partial charge in [0, 0.05) is 19.4 Å². The number of unbranched alkanes of at least 4 members (excludes halogenated alkanes) is 16. The monoisotopic (exact) mass is 579 g/mol. The number of carbonyl (C=O) groups is 2. The van der Waals surface area contributed by atoms with Gasteiger partial charge < -0.3 is 20.1 Å². The van der Waals surface area contributed by atoms with Crippen LogP contribution in [0.2, 0.25) is 0 Å². The summed E-state index contributed by atoms with van der Waals surface area (Å²) in [6, 6.07) is 0. The summed E-state index contributed by atoms with van der Waals surface area (Å²) in [5.41, 5.74) is 0. The second-order valence-electron chi connectivity index (χ2n) is 10.4. The van der Waals surface area contributed by atoms with Crippen LogP contribution >= 0.6 is 7.82 Å². The summed E-state index contributed by atoms with van der Waals surface area (Å²) in [6.07, 6.45) is 20.5. The van der Waals surface area contributed by atoms with Gasteiger partial charge in [-0.15, -0.1) is 0 Å². The highest BCUT2D eigenvalue weighted by Gasteiger charge is 2.23. The van der Waals surface area contributed by atoms with Crippen LogP contribution in [0, 0.1) is 0 Å². The van der Waals surface area contributed by atoms with Crippen LogP contribution in [0.1, 0.15) is 142 Å². The summed E-state index contributed by atoms with van der Waals surface area (Å²) < 4.78 is 26.5. The molecule has 0 aliphatic rings. The van der Waals surface area contributed by atoms with Crippen molar-refractivity contribution in [2.45, 2.75) is 148 Å². The number of hydrogen-bond donors (Lipinski definition) is 3. The van der Waals surface area contributed by atoms with Crippen molar-refractivity contribution in [1.29, 1.82) is 0 Å². The smallest absolute Gasteiger partial charge is 0.463 e. The van der Waals surface area contributed by atoms with Crippen molar-refractivity contribution in [2.75, 3.05) is 26.4 Å². The lowest BCUT2D eigenvalue weighted by Crippen LogP contribution is -2.27. The van der Waals surface area contributed by atoms with Gasteiger partial charge in [-0.1, -0.05) is 117 Å². The van der Waals surface area contributed by atoms with Gasteiger partial charge in [0.25, 0.3) is 0 Å². The first-order valence-electron chi connectivity index (χ1n) is 15.5. The van der Waals surface area contributed by atoms with Crippen molar-refractivity contribution < 1.29 is 37.9 Å². The maximum atomic E-state index is 11.9. The molecule has 0 spiro atoms. The number of phosphoric ester groups is 1. The molecule has 0 heterocycles. The highest BCUT2D eigenvalue weighted by atomic mass is 31.2. The van der Waals surface area contributed by atoms with E-state index in [1.54, 1.807) is 0 Å². The molecule has 0 aliphatic carbocycles. The van der Waals surface area contributed by atoms with Crippen molar-refractivity contribution in [3.8, 4) is 0 Å². The Bertz CT molecular complexity index is 634. The zero-order chi connectivity index (χ0) is 29.0. The Labute approximate surface area is 237 Å². The van der Waals surface area contributed by atoms with Crippen molar-refractivity contribution in [3.05, 3.63) is 0 Å². The van der Waals surface area contributed by atoms with Crippen LogP contribution in [-0.2, 0) is 27.9 Å². The molecule has 232 valence electrons. The van der Waals surface area contributed by atoms with Crippen molar-refractivity contribution in [2.24, 2.45) is 0 Å². The standard InChI is InChI=1S/C29H58NO8P/c1-3-5-7-9-11-13-14-15-17-19-21-28(32)30-23-24-37-39(34,35)38-26-27(31)25-36-29(33)22-20-18-16-12-10-8-6-4-2/h27,31H,3-26H2,1-2H3,(H,30,32)(H,34,35). The molecule has 0 radical (unpaired) electrons. The van der Waals surface area contributed by atoms with Crippen LogP contribution in [0.5, 0.6) is 0 Å². The third-order valence-corrected chi connectivity index (χ3v) is 7.52. The number of rotatable bonds is 29. The third kappa shape index (κ3) is 28.3. The Kier molecular flexibility index (Phi) is 26.5. The largest absolute Gasteiger partial charge is 0.472 e. The fourth-order valence-corrected chi connectivity index (χ4v) is 4.90. The summed E-state index contributed by atoms with van der Waals surface area (Å²) in [7, 11) is -4.39. The predicted octanol–water partition coefficient (Wildman–Crippen LogP) is 6.98. The van der Waals surface area contributed by atoms with Gasteiger partial charge in [0.2, 0.25) is 5.91 Å². The summed E-state index contributed by atoms with van der Waals surface area (Å²) >= 11 is 0. The minimum atomic E-state index is -4.39. The molecule has 0 saturated heterocycles. The Hall–Kier alpha value is -0.990. The van der Waals surface area contributed by atoms with Crippen LogP contribution < -0.4 is 5.32 Å². The number of hydrogen-bond acceptors (Lipinski definition) is 7. The fourth-order valence-electron chi connectivity index (χ4n) is 4.14. The maximum Gasteiger partial charge on any atom is 0.472 e. The molecular weight excluding hydrogens is 521 g/mol. The van der Waals surface area contributed by atoms with Gasteiger partial charge in [-0.05, 0) is 12.8 Å². The minimum Gasteiger partial charge on any atom is -0.463 e. The van der Waals surface area contributed by atoms with E-state index in [0.717, 1.165) is 38.5 Å². The number of carbonyl (C=O) groups excluding carboxylic acids is 2. The van der Waals surface area contributed by atoms with E-state index in [9.17, 15) is 24.2 Å². The molecule has 0 bridgehead atoms. The second-order valence-corrected chi connectivity index (χ2v) is 11.9. The van der Waals surface area contributed by atoms with Crippen LogP contribution in [0.25, 0.3) is 0 Å². The predicted molar refractivity (Wildman–Crippen MR) is 155 cm³/mol. The zero-order valence-corrected chi connectivity index (χ0v) is 25.7. The molecule has 2 unspecified atom stereocenters. The summed E-state index contributed by atoms with van der Waals surface area (Å²) in [5, 5.41) is 12.5. The van der Waals surface area contributed by atoms with Crippen LogP contribution in [0.15, 0.2) is 0 Å². The lowest BCUT2D eigenvalue weighted by atomic mass is 10.1. The average Bonchev–Trinajstić information content (AvgIpc) is 2.91. The minimum absolute atomic E-state index is 0.0867. The van der Waals surface area contributed by atoms with E-state index in [1.807, 2.05) is 0 Å². The van der Waals surface area contributed by atoms with Crippen LogP contribution in [-0.4, -0.2) is 54.3 Å². The molecule has 0 aromatic carbocycles. The Morgan fingerprint density at radius 3 is 1.67 bits per heavy atom. The maximum absolute atomic E-state index is 11.9. The molecular formula is C29H58NO8P. The van der Waals surface area contributed by atoms with E-state index < -0.39 is 26.5 Å². The molecule has 10 heteroatoms. The molecule has 0 saturated carbocycles. The average molecular weight is 580 g/mol. The topological polar surface area (TPSA) is 131 Å². The lowest BCUT2D eigenvalue weighted by molar-refractivity contribution is -0.147. The van der Waals surface area contributed by atoms with Gasteiger partial charge in [0.05, 0.1) is 13.2 Å². The third-order valence-electron chi connectivity index (χ3n) is 6.54. The SMILES string of the molecule is CCCCCCCCCCCCC(=O)NCCOP(=O)(O)OCC(O)COC(=O)CCCCCCCCCC. The molecule has 0 rings (SSSR count). The van der Waals surface area contributed by atoms with Crippen LogP contribution in [0.3, 0.4) is 0 Å². The van der Waals surface area contributed by atoms with E-state index in [1.165, 1.54) is 77.0 Å². The van der Waals surface area contributed by atoms with Crippen molar-refractivity contribution in [1.82, 2.24) is 5.32 Å². The van der Waals surface area contributed by atoms with E-state index in [-0.39, 0.29) is 32.1 Å². The Morgan fingerprint density at radius 1 is 0.692 bits per heavy atom. The van der Waals surface area contributed by atoms with E-state index in [0.29, 0.717) is 6.42 Å².